The Balaban J connectivity index is 1.56. The lowest BCUT2D eigenvalue weighted by atomic mass is 9.97. The van der Waals surface area contributed by atoms with Crippen LogP contribution in [0.1, 0.15) is 25.3 Å². The van der Waals surface area contributed by atoms with Gasteiger partial charge in [0.2, 0.25) is 15.9 Å². The molecule has 0 spiro atoms. The minimum Gasteiger partial charge on any atom is -0.323 e. The van der Waals surface area contributed by atoms with Gasteiger partial charge in [0, 0.05) is 31.7 Å². The Morgan fingerprint density at radius 1 is 1.25 bits per heavy atom. The molecule has 1 fully saturated rings. The highest BCUT2D eigenvalue weighted by molar-refractivity contribution is 7.88. The number of hydrogen-bond acceptors (Lipinski definition) is 4. The van der Waals surface area contributed by atoms with E-state index in [1.54, 1.807) is 35.3 Å². The molecule has 1 aromatic carbocycles. The molecule has 1 aromatic heterocycles. The van der Waals surface area contributed by atoms with E-state index in [9.17, 15) is 13.2 Å². The van der Waals surface area contributed by atoms with Gasteiger partial charge in [-0.25, -0.2) is 12.7 Å². The van der Waals surface area contributed by atoms with Crippen LogP contribution in [-0.2, 0) is 27.1 Å². The van der Waals surface area contributed by atoms with Crippen LogP contribution < -0.4 is 5.32 Å². The fourth-order valence-corrected chi connectivity index (χ4v) is 5.04. The second kappa shape index (κ2) is 8.82. The summed E-state index contributed by atoms with van der Waals surface area (Å²) in [6.45, 7) is 3.32. The van der Waals surface area contributed by atoms with Crippen molar-refractivity contribution in [3.8, 4) is 0 Å². The van der Waals surface area contributed by atoms with Gasteiger partial charge >= 0.3 is 0 Å². The second-order valence-electron chi connectivity index (χ2n) is 6.75. The van der Waals surface area contributed by atoms with Crippen molar-refractivity contribution < 1.29 is 13.2 Å². The van der Waals surface area contributed by atoms with Gasteiger partial charge in [0.1, 0.15) is 0 Å². The molecule has 2 heterocycles. The molecule has 0 aliphatic carbocycles. The maximum Gasteiger partial charge on any atom is 0.227 e. The minimum atomic E-state index is -3.49. The van der Waals surface area contributed by atoms with Gasteiger partial charge in [-0.3, -0.25) is 9.48 Å². The highest BCUT2D eigenvalue weighted by atomic mass is 35.5. The SMILES string of the molecule is CCn1cc(NC(=O)C2CCN(S(=O)(=O)Cc3ccc(Cl)c(Cl)c3)CC2)cn1. The van der Waals surface area contributed by atoms with Crippen LogP contribution in [0.25, 0.3) is 0 Å². The van der Waals surface area contributed by atoms with E-state index in [2.05, 4.69) is 10.4 Å². The number of sulfonamides is 1. The number of anilines is 1. The molecule has 1 aliphatic heterocycles. The van der Waals surface area contributed by atoms with Crippen molar-refractivity contribution in [2.45, 2.75) is 32.1 Å². The predicted molar refractivity (Wildman–Crippen MR) is 110 cm³/mol. The molecular weight excluding hydrogens is 423 g/mol. The van der Waals surface area contributed by atoms with Crippen molar-refractivity contribution in [3.05, 3.63) is 46.2 Å². The van der Waals surface area contributed by atoms with E-state index in [1.165, 1.54) is 4.31 Å². The molecule has 1 N–H and O–H groups in total. The normalized spacial score (nSPS) is 16.2. The van der Waals surface area contributed by atoms with Gasteiger partial charge in [0.25, 0.3) is 0 Å². The number of nitrogens with zero attached hydrogens (tertiary/aromatic N) is 3. The van der Waals surface area contributed by atoms with E-state index >= 15 is 0 Å². The predicted octanol–water partition coefficient (Wildman–Crippen LogP) is 3.39. The fraction of sp³-hybridized carbons (Fsp3) is 0.444. The van der Waals surface area contributed by atoms with Gasteiger partial charge in [0.15, 0.2) is 0 Å². The molecule has 7 nitrogen and oxygen atoms in total. The minimum absolute atomic E-state index is 0.0998. The fourth-order valence-electron chi connectivity index (χ4n) is 3.17. The number of carbonyl (C=O) groups excluding carboxylic acids is 1. The van der Waals surface area contributed by atoms with Crippen LogP contribution in [0, 0.1) is 5.92 Å². The molecule has 1 amide bonds. The standard InChI is InChI=1S/C18H22Cl2N4O3S/c1-2-23-11-15(10-21-23)22-18(25)14-5-7-24(8-6-14)28(26,27)12-13-3-4-16(19)17(20)9-13/h3-4,9-11,14H,2,5-8,12H2,1H3,(H,22,25). The summed E-state index contributed by atoms with van der Waals surface area (Å²) in [5.74, 6) is -0.463. The molecule has 2 aromatic rings. The molecule has 10 heteroatoms. The summed E-state index contributed by atoms with van der Waals surface area (Å²) in [6.07, 6.45) is 4.34. The van der Waals surface area contributed by atoms with Crippen molar-refractivity contribution in [3.63, 3.8) is 0 Å². The number of aryl methyl sites for hydroxylation is 1. The average Bonchev–Trinajstić information content (AvgIpc) is 3.12. The van der Waals surface area contributed by atoms with Gasteiger partial charge in [0.05, 0.1) is 27.7 Å². The molecule has 28 heavy (non-hydrogen) atoms. The molecule has 3 rings (SSSR count). The Hall–Kier alpha value is -1.61. The van der Waals surface area contributed by atoms with E-state index in [0.29, 0.717) is 47.2 Å². The van der Waals surface area contributed by atoms with Crippen LogP contribution in [-0.4, -0.2) is 41.5 Å². The first kappa shape index (κ1) is 21.1. The molecule has 1 saturated heterocycles. The number of aromatic nitrogens is 2. The van der Waals surface area contributed by atoms with Crippen molar-refractivity contribution in [2.24, 2.45) is 5.92 Å². The van der Waals surface area contributed by atoms with Crippen molar-refractivity contribution in [2.75, 3.05) is 18.4 Å². The largest absolute Gasteiger partial charge is 0.323 e. The molecule has 0 unspecified atom stereocenters. The third-order valence-corrected chi connectivity index (χ3v) is 7.37. The molecule has 152 valence electrons. The molecule has 0 bridgehead atoms. The summed E-state index contributed by atoms with van der Waals surface area (Å²) in [7, 11) is -3.49. The average molecular weight is 445 g/mol. The number of piperidine rings is 1. The first-order valence-electron chi connectivity index (χ1n) is 9.03. The van der Waals surface area contributed by atoms with E-state index in [0.717, 1.165) is 6.54 Å². The maximum absolute atomic E-state index is 12.7. The number of benzene rings is 1. The second-order valence-corrected chi connectivity index (χ2v) is 9.54. The zero-order valence-electron chi connectivity index (χ0n) is 15.4. The van der Waals surface area contributed by atoms with Crippen LogP contribution >= 0.6 is 23.2 Å². The third-order valence-electron chi connectivity index (χ3n) is 4.78. The quantitative estimate of drug-likeness (QED) is 0.739. The van der Waals surface area contributed by atoms with E-state index in [1.807, 2.05) is 6.92 Å². The van der Waals surface area contributed by atoms with Gasteiger partial charge in [-0.05, 0) is 37.5 Å². The summed E-state index contributed by atoms with van der Waals surface area (Å²) in [6, 6.07) is 4.81. The summed E-state index contributed by atoms with van der Waals surface area (Å²) < 4.78 is 28.6. The number of hydrogen-bond donors (Lipinski definition) is 1. The summed E-state index contributed by atoms with van der Waals surface area (Å²) in [4.78, 5) is 12.4. The first-order chi connectivity index (χ1) is 13.3. The van der Waals surface area contributed by atoms with Crippen LogP contribution in [0.5, 0.6) is 0 Å². The monoisotopic (exact) mass is 444 g/mol. The maximum atomic E-state index is 12.7. The highest BCUT2D eigenvalue weighted by Gasteiger charge is 2.31. The smallest absolute Gasteiger partial charge is 0.227 e. The van der Waals surface area contributed by atoms with Crippen LogP contribution in [0.2, 0.25) is 10.0 Å². The number of nitrogens with one attached hydrogen (secondary N) is 1. The Morgan fingerprint density at radius 2 is 1.96 bits per heavy atom. The van der Waals surface area contributed by atoms with Crippen molar-refractivity contribution in [1.82, 2.24) is 14.1 Å². The summed E-state index contributed by atoms with van der Waals surface area (Å²) in [5.41, 5.74) is 1.24. The highest BCUT2D eigenvalue weighted by Crippen LogP contribution is 2.26. The zero-order valence-corrected chi connectivity index (χ0v) is 17.8. The molecule has 1 aliphatic rings. The molecule has 0 saturated carbocycles. The lowest BCUT2D eigenvalue weighted by Crippen LogP contribution is -2.41. The first-order valence-corrected chi connectivity index (χ1v) is 11.4. The summed E-state index contributed by atoms with van der Waals surface area (Å²) in [5, 5.41) is 7.70. The lowest BCUT2D eigenvalue weighted by Gasteiger charge is -2.30. The molecule has 0 radical (unpaired) electrons. The summed E-state index contributed by atoms with van der Waals surface area (Å²) >= 11 is 11.8. The van der Waals surface area contributed by atoms with E-state index in [4.69, 9.17) is 23.2 Å². The van der Waals surface area contributed by atoms with Crippen molar-refractivity contribution in [1.29, 1.82) is 0 Å². The lowest BCUT2D eigenvalue weighted by molar-refractivity contribution is -0.120. The number of amides is 1. The number of carbonyl (C=O) groups is 1. The number of rotatable bonds is 6. The van der Waals surface area contributed by atoms with Crippen LogP contribution in [0.4, 0.5) is 5.69 Å². The molecular formula is C18H22Cl2N4O3S. The Morgan fingerprint density at radius 3 is 2.57 bits per heavy atom. The Kier molecular flexibility index (Phi) is 6.65. The van der Waals surface area contributed by atoms with Crippen LogP contribution in [0.15, 0.2) is 30.6 Å². The van der Waals surface area contributed by atoms with E-state index < -0.39 is 10.0 Å². The zero-order chi connectivity index (χ0) is 20.3. The van der Waals surface area contributed by atoms with E-state index in [-0.39, 0.29) is 17.6 Å². The third kappa shape index (κ3) is 5.05. The van der Waals surface area contributed by atoms with Gasteiger partial charge in [-0.2, -0.15) is 5.10 Å². The number of halogens is 2. The molecule has 0 atom stereocenters. The van der Waals surface area contributed by atoms with Gasteiger partial charge in [-0.1, -0.05) is 29.3 Å². The Labute approximate surface area is 174 Å². The van der Waals surface area contributed by atoms with Gasteiger partial charge in [-0.15, -0.1) is 0 Å². The van der Waals surface area contributed by atoms with Gasteiger partial charge < -0.3 is 5.32 Å². The Bertz CT molecular complexity index is 953. The van der Waals surface area contributed by atoms with Crippen LogP contribution in [0.3, 0.4) is 0 Å². The van der Waals surface area contributed by atoms with Crippen molar-refractivity contribution >= 4 is 44.8 Å². The topological polar surface area (TPSA) is 84.3 Å².